The lowest BCUT2D eigenvalue weighted by molar-refractivity contribution is -0.132. The van der Waals surface area contributed by atoms with Gasteiger partial charge in [0.1, 0.15) is 18.1 Å². The molecule has 3 aliphatic rings. The molecule has 3 aromatic rings. The number of aliphatic hydroxyl groups excluding tert-OH is 2. The number of oxime groups is 1. The molecule has 6 rings (SSSR count). The summed E-state index contributed by atoms with van der Waals surface area (Å²) in [5.74, 6) is -1.71. The molecule has 0 bridgehead atoms. The summed E-state index contributed by atoms with van der Waals surface area (Å²) in [7, 11) is 0. The molecule has 8 heteroatoms. The molecule has 39 heavy (non-hydrogen) atoms. The van der Waals surface area contributed by atoms with E-state index in [2.05, 4.69) is 5.16 Å². The van der Waals surface area contributed by atoms with Crippen LogP contribution >= 0.6 is 0 Å². The summed E-state index contributed by atoms with van der Waals surface area (Å²) in [4.78, 5) is 34.2. The molecule has 6 atom stereocenters. The molecule has 2 N–H and O–H groups in total. The van der Waals surface area contributed by atoms with Gasteiger partial charge in [0.05, 0.1) is 35.4 Å². The molecule has 2 saturated carbocycles. The maximum atomic E-state index is 13.8. The van der Waals surface area contributed by atoms with E-state index >= 15 is 0 Å². The Bertz CT molecular complexity index is 1380. The Morgan fingerprint density at radius 3 is 2.28 bits per heavy atom. The van der Waals surface area contributed by atoms with Gasteiger partial charge in [0, 0.05) is 24.3 Å². The molecule has 0 aromatic heterocycles. The average molecular weight is 527 g/mol. The van der Waals surface area contributed by atoms with E-state index in [9.17, 15) is 19.8 Å². The number of benzene rings is 3. The van der Waals surface area contributed by atoms with E-state index in [0.29, 0.717) is 35.7 Å². The summed E-state index contributed by atoms with van der Waals surface area (Å²) in [6.45, 7) is 0.277. The summed E-state index contributed by atoms with van der Waals surface area (Å²) in [5.41, 5.74) is 2.02. The van der Waals surface area contributed by atoms with Crippen molar-refractivity contribution in [3.05, 3.63) is 90.5 Å². The average Bonchev–Trinajstić information content (AvgIpc) is 3.22. The van der Waals surface area contributed by atoms with Crippen molar-refractivity contribution in [2.75, 3.05) is 4.90 Å². The molecule has 3 aromatic carbocycles. The van der Waals surface area contributed by atoms with Crippen molar-refractivity contribution in [3.63, 3.8) is 0 Å². The number of rotatable bonds is 6. The van der Waals surface area contributed by atoms with Crippen molar-refractivity contribution < 1.29 is 29.4 Å². The van der Waals surface area contributed by atoms with Gasteiger partial charge in [0.15, 0.2) is 0 Å². The van der Waals surface area contributed by atoms with E-state index in [1.807, 2.05) is 60.7 Å². The highest BCUT2D eigenvalue weighted by Gasteiger charge is 2.60. The minimum Gasteiger partial charge on any atom is -0.457 e. The van der Waals surface area contributed by atoms with Gasteiger partial charge < -0.3 is 19.8 Å². The Morgan fingerprint density at radius 1 is 0.821 bits per heavy atom. The summed E-state index contributed by atoms with van der Waals surface area (Å²) in [5, 5.41) is 26.1. The fraction of sp³-hybridized carbons (Fsp3) is 0.323. The van der Waals surface area contributed by atoms with Crippen LogP contribution in [-0.4, -0.2) is 39.9 Å². The SMILES string of the molecule is O=C1[C@H]2[C@H]3[C@H](O)[C@H](O)CC(=NOCc4ccccc4)[C@@H]3CC[C@H]2C(=O)N1c1cccc(Oc2ccccc2)c1. The molecule has 0 unspecified atom stereocenters. The number of anilines is 1. The summed E-state index contributed by atoms with van der Waals surface area (Å²) >= 11 is 0. The third kappa shape index (κ3) is 4.82. The second-order valence-electron chi connectivity index (χ2n) is 10.4. The minimum atomic E-state index is -1.14. The zero-order chi connectivity index (χ0) is 26.9. The molecule has 2 aliphatic carbocycles. The van der Waals surface area contributed by atoms with E-state index in [0.717, 1.165) is 5.56 Å². The molecule has 200 valence electrons. The Kier molecular flexibility index (Phi) is 6.89. The van der Waals surface area contributed by atoms with Gasteiger partial charge in [0.25, 0.3) is 0 Å². The highest BCUT2D eigenvalue weighted by Crippen LogP contribution is 2.50. The van der Waals surface area contributed by atoms with E-state index in [1.54, 1.807) is 24.3 Å². The molecule has 8 nitrogen and oxygen atoms in total. The highest BCUT2D eigenvalue weighted by molar-refractivity contribution is 6.22. The Hall–Kier alpha value is -4.01. The van der Waals surface area contributed by atoms with E-state index in [4.69, 9.17) is 9.57 Å². The van der Waals surface area contributed by atoms with Gasteiger partial charge in [-0.25, -0.2) is 4.90 Å². The fourth-order valence-electron chi connectivity index (χ4n) is 6.30. The molecule has 0 radical (unpaired) electrons. The predicted octanol–water partition coefficient (Wildman–Crippen LogP) is 4.31. The summed E-state index contributed by atoms with van der Waals surface area (Å²) in [6.07, 6.45) is -0.996. The number of carbonyl (C=O) groups is 2. The first-order valence-corrected chi connectivity index (χ1v) is 13.3. The lowest BCUT2D eigenvalue weighted by Crippen LogP contribution is -2.54. The fourth-order valence-corrected chi connectivity index (χ4v) is 6.30. The quantitative estimate of drug-likeness (QED) is 0.366. The molecule has 1 saturated heterocycles. The zero-order valence-corrected chi connectivity index (χ0v) is 21.3. The smallest absolute Gasteiger partial charge is 0.238 e. The molecule has 0 spiro atoms. The van der Waals surface area contributed by atoms with Gasteiger partial charge in [-0.15, -0.1) is 0 Å². The van der Waals surface area contributed by atoms with Gasteiger partial charge in [0.2, 0.25) is 11.8 Å². The number of ether oxygens (including phenoxy) is 1. The number of carbonyl (C=O) groups excluding carboxylic acids is 2. The van der Waals surface area contributed by atoms with Gasteiger partial charge in [-0.2, -0.15) is 0 Å². The number of amides is 2. The second kappa shape index (κ2) is 10.6. The monoisotopic (exact) mass is 526 g/mol. The maximum absolute atomic E-state index is 13.8. The van der Waals surface area contributed by atoms with Crippen molar-refractivity contribution in [1.82, 2.24) is 0 Å². The highest BCUT2D eigenvalue weighted by atomic mass is 16.6. The summed E-state index contributed by atoms with van der Waals surface area (Å²) < 4.78 is 5.92. The van der Waals surface area contributed by atoms with E-state index in [1.165, 1.54) is 4.90 Å². The topological polar surface area (TPSA) is 109 Å². The molecule has 1 aliphatic heterocycles. The van der Waals surface area contributed by atoms with Gasteiger partial charge in [-0.3, -0.25) is 9.59 Å². The van der Waals surface area contributed by atoms with Crippen molar-refractivity contribution >= 4 is 23.2 Å². The minimum absolute atomic E-state index is 0.166. The number of para-hydroxylation sites is 1. The van der Waals surface area contributed by atoms with Crippen LogP contribution < -0.4 is 9.64 Å². The molecular formula is C31H30N2O6. The normalized spacial score (nSPS) is 29.2. The largest absolute Gasteiger partial charge is 0.457 e. The van der Waals surface area contributed by atoms with Gasteiger partial charge in [-0.1, -0.05) is 59.8 Å². The van der Waals surface area contributed by atoms with Crippen LogP contribution in [0, 0.1) is 23.7 Å². The Balaban J connectivity index is 1.24. The van der Waals surface area contributed by atoms with Crippen LogP contribution in [-0.2, 0) is 21.0 Å². The summed E-state index contributed by atoms with van der Waals surface area (Å²) in [6, 6.07) is 25.8. The number of nitrogens with zero attached hydrogens (tertiary/aromatic N) is 2. The molecule has 3 fully saturated rings. The number of aliphatic hydroxyl groups is 2. The third-order valence-corrected chi connectivity index (χ3v) is 8.09. The Labute approximate surface area is 226 Å². The predicted molar refractivity (Wildman–Crippen MR) is 144 cm³/mol. The molecule has 2 amide bonds. The van der Waals surface area contributed by atoms with Crippen LogP contribution in [0.15, 0.2) is 90.1 Å². The Morgan fingerprint density at radius 2 is 1.51 bits per heavy atom. The van der Waals surface area contributed by atoms with Crippen molar-refractivity contribution in [2.24, 2.45) is 28.8 Å². The first kappa shape index (κ1) is 25.3. The van der Waals surface area contributed by atoms with E-state index in [-0.39, 0.29) is 30.8 Å². The first-order valence-electron chi connectivity index (χ1n) is 13.3. The second-order valence-corrected chi connectivity index (χ2v) is 10.4. The number of fused-ring (bicyclic) bond motifs is 3. The van der Waals surface area contributed by atoms with Crippen LogP contribution in [0.25, 0.3) is 0 Å². The third-order valence-electron chi connectivity index (χ3n) is 8.09. The maximum Gasteiger partial charge on any atom is 0.238 e. The van der Waals surface area contributed by atoms with Crippen LogP contribution in [0.3, 0.4) is 0 Å². The van der Waals surface area contributed by atoms with Crippen LogP contribution in [0.1, 0.15) is 24.8 Å². The van der Waals surface area contributed by atoms with Crippen LogP contribution in [0.2, 0.25) is 0 Å². The number of hydrogen-bond acceptors (Lipinski definition) is 7. The standard InChI is InChI=1S/C31H30N2O6/c34-26-17-25(32-38-18-19-8-3-1-4-9-19)23-14-15-24-28(27(23)29(26)35)31(37)33(30(24)36)20-10-7-13-22(16-20)39-21-11-5-2-6-12-21/h1-13,16,23-24,26-29,34-35H,14-15,17-18H2/t23-,24+,26+,27-,28+,29+/m0/s1. The molecular weight excluding hydrogens is 496 g/mol. The number of hydrogen-bond donors (Lipinski definition) is 2. The van der Waals surface area contributed by atoms with Gasteiger partial charge in [-0.05, 0) is 42.7 Å². The first-order chi connectivity index (χ1) is 19.0. The lowest BCUT2D eigenvalue weighted by Gasteiger charge is -2.45. The van der Waals surface area contributed by atoms with Crippen molar-refractivity contribution in [1.29, 1.82) is 0 Å². The zero-order valence-electron chi connectivity index (χ0n) is 21.3. The van der Waals surface area contributed by atoms with Crippen LogP contribution in [0.4, 0.5) is 5.69 Å². The lowest BCUT2D eigenvalue weighted by atomic mass is 9.60. The number of imide groups is 1. The van der Waals surface area contributed by atoms with Crippen molar-refractivity contribution in [3.8, 4) is 11.5 Å². The van der Waals surface area contributed by atoms with Crippen LogP contribution in [0.5, 0.6) is 11.5 Å². The molecule has 1 heterocycles. The van der Waals surface area contributed by atoms with Crippen molar-refractivity contribution in [2.45, 2.75) is 38.1 Å². The van der Waals surface area contributed by atoms with E-state index < -0.39 is 30.0 Å². The van der Waals surface area contributed by atoms with Gasteiger partial charge >= 0.3 is 0 Å².